The number of fused-ring (bicyclic) bond motifs is 1. The fraction of sp³-hybridized carbons (Fsp3) is 0.143. The molecule has 2 aromatic rings. The molecule has 0 amide bonds. The van der Waals surface area contributed by atoms with E-state index >= 15 is 0 Å². The number of Topliss-reactive ketones (excluding diaryl/α,β-unsaturated/α-hetero) is 1. The summed E-state index contributed by atoms with van der Waals surface area (Å²) in [6, 6.07) is 6.31. The Morgan fingerprint density at radius 1 is 1.30 bits per heavy atom. The van der Waals surface area contributed by atoms with Crippen LogP contribution >= 0.6 is 0 Å². The summed E-state index contributed by atoms with van der Waals surface area (Å²) in [7, 11) is -1.69. The van der Waals surface area contributed by atoms with Crippen LogP contribution in [0.3, 0.4) is 0 Å². The van der Waals surface area contributed by atoms with E-state index in [0.29, 0.717) is 5.56 Å². The van der Waals surface area contributed by atoms with Crippen molar-refractivity contribution < 1.29 is 13.2 Å². The molecule has 0 unspecified atom stereocenters. The molecule has 5 nitrogen and oxygen atoms in total. The third-order valence-corrected chi connectivity index (χ3v) is 4.89. The number of aromatic nitrogens is 2. The second-order valence-electron chi connectivity index (χ2n) is 4.70. The number of hydrogen-bond donors (Lipinski definition) is 0. The molecule has 2 heterocycles. The van der Waals surface area contributed by atoms with Gasteiger partial charge in [0.1, 0.15) is 0 Å². The Hall–Kier alpha value is -2.21. The maximum absolute atomic E-state index is 12.4. The lowest BCUT2D eigenvalue weighted by Gasteiger charge is -2.17. The van der Waals surface area contributed by atoms with Gasteiger partial charge in [-0.05, 0) is 18.2 Å². The normalized spacial score (nSPS) is 19.1. The summed E-state index contributed by atoms with van der Waals surface area (Å²) in [5.41, 5.74) is 1.23. The lowest BCUT2D eigenvalue weighted by atomic mass is 10.0. The summed E-state index contributed by atoms with van der Waals surface area (Å²) in [5.74, 6) is -0.503. The molecule has 0 N–H and O–H groups in total. The summed E-state index contributed by atoms with van der Waals surface area (Å²) in [6.45, 7) is 0. The molecule has 0 aliphatic carbocycles. The minimum absolute atomic E-state index is 0.119. The third kappa shape index (κ3) is 2.08. The van der Waals surface area contributed by atoms with E-state index in [1.165, 1.54) is 6.07 Å². The Labute approximate surface area is 116 Å². The van der Waals surface area contributed by atoms with Gasteiger partial charge in [-0.25, -0.2) is 8.42 Å². The van der Waals surface area contributed by atoms with Crippen LogP contribution in [-0.4, -0.2) is 29.7 Å². The Bertz CT molecular complexity index is 832. The van der Waals surface area contributed by atoms with Gasteiger partial charge in [0.2, 0.25) is 0 Å². The second-order valence-corrected chi connectivity index (χ2v) is 6.66. The van der Waals surface area contributed by atoms with Crippen LogP contribution in [0.2, 0.25) is 0 Å². The number of aryl methyl sites for hydroxylation is 1. The van der Waals surface area contributed by atoms with Crippen LogP contribution in [0.15, 0.2) is 47.1 Å². The number of ketones is 1. The van der Waals surface area contributed by atoms with Crippen molar-refractivity contribution in [3.63, 3.8) is 0 Å². The third-order valence-electron chi connectivity index (χ3n) is 3.17. The Kier molecular flexibility index (Phi) is 2.83. The van der Waals surface area contributed by atoms with Crippen molar-refractivity contribution in [1.82, 2.24) is 9.78 Å². The molecular weight excluding hydrogens is 276 g/mol. The van der Waals surface area contributed by atoms with Crippen molar-refractivity contribution in [1.29, 1.82) is 0 Å². The standard InChI is InChI=1S/C14H12N2O3S/c1-16-8-10(7-15-16)6-11-9-20(18,19)13-5-3-2-4-12(13)14(11)17/h2-8H,9H2,1H3/b11-6+. The average molecular weight is 288 g/mol. The van der Waals surface area contributed by atoms with E-state index in [2.05, 4.69) is 5.10 Å². The zero-order valence-corrected chi connectivity index (χ0v) is 11.6. The Morgan fingerprint density at radius 2 is 2.05 bits per heavy atom. The SMILES string of the molecule is Cn1cc(/C=C2\CS(=O)(=O)c3ccccc3C2=O)cn1. The number of nitrogens with zero attached hydrogens (tertiary/aromatic N) is 2. The van der Waals surface area contributed by atoms with E-state index in [1.807, 2.05) is 0 Å². The first kappa shape index (κ1) is 12.8. The molecule has 0 bridgehead atoms. The lowest BCUT2D eigenvalue weighted by Crippen LogP contribution is -2.24. The van der Waals surface area contributed by atoms with Crippen LogP contribution in [0.4, 0.5) is 0 Å². The zero-order chi connectivity index (χ0) is 14.3. The van der Waals surface area contributed by atoms with Crippen LogP contribution in [0.25, 0.3) is 6.08 Å². The molecule has 0 atom stereocenters. The van der Waals surface area contributed by atoms with Gasteiger partial charge >= 0.3 is 0 Å². The highest BCUT2D eigenvalue weighted by Crippen LogP contribution is 2.28. The van der Waals surface area contributed by atoms with Gasteiger partial charge in [0, 0.05) is 29.9 Å². The Morgan fingerprint density at radius 3 is 2.75 bits per heavy atom. The van der Waals surface area contributed by atoms with Gasteiger partial charge < -0.3 is 0 Å². The minimum atomic E-state index is -3.45. The maximum Gasteiger partial charge on any atom is 0.191 e. The van der Waals surface area contributed by atoms with Gasteiger partial charge in [0.05, 0.1) is 16.8 Å². The van der Waals surface area contributed by atoms with E-state index in [-0.39, 0.29) is 27.6 Å². The monoisotopic (exact) mass is 288 g/mol. The van der Waals surface area contributed by atoms with Crippen LogP contribution < -0.4 is 0 Å². The number of benzene rings is 1. The molecule has 0 saturated heterocycles. The van der Waals surface area contributed by atoms with Crippen LogP contribution in [-0.2, 0) is 16.9 Å². The summed E-state index contributed by atoms with van der Waals surface area (Å²) >= 11 is 0. The molecule has 0 saturated carbocycles. The van der Waals surface area contributed by atoms with Gasteiger partial charge in [-0.15, -0.1) is 0 Å². The van der Waals surface area contributed by atoms with Crippen LogP contribution in [0.1, 0.15) is 15.9 Å². The highest BCUT2D eigenvalue weighted by atomic mass is 32.2. The van der Waals surface area contributed by atoms with Crippen LogP contribution in [0, 0.1) is 0 Å². The smallest absolute Gasteiger partial charge is 0.191 e. The fourth-order valence-corrected chi connectivity index (χ4v) is 3.83. The van der Waals surface area contributed by atoms with E-state index in [9.17, 15) is 13.2 Å². The molecule has 0 fully saturated rings. The van der Waals surface area contributed by atoms with Gasteiger partial charge in [-0.1, -0.05) is 12.1 Å². The quantitative estimate of drug-likeness (QED) is 0.745. The van der Waals surface area contributed by atoms with E-state index in [4.69, 9.17) is 0 Å². The van der Waals surface area contributed by atoms with Crippen molar-refractivity contribution in [2.75, 3.05) is 5.75 Å². The van der Waals surface area contributed by atoms with Crippen molar-refractivity contribution in [2.45, 2.75) is 4.90 Å². The highest BCUT2D eigenvalue weighted by Gasteiger charge is 2.32. The maximum atomic E-state index is 12.4. The molecule has 0 radical (unpaired) electrons. The number of sulfone groups is 1. The minimum Gasteiger partial charge on any atom is -0.289 e. The van der Waals surface area contributed by atoms with E-state index in [1.54, 1.807) is 48.4 Å². The molecule has 102 valence electrons. The summed E-state index contributed by atoms with van der Waals surface area (Å²) in [5, 5.41) is 4.00. The molecular formula is C14H12N2O3S. The van der Waals surface area contributed by atoms with Gasteiger partial charge in [0.15, 0.2) is 15.6 Å². The summed E-state index contributed by atoms with van der Waals surface area (Å²) in [6.07, 6.45) is 4.91. The van der Waals surface area contributed by atoms with Crippen molar-refractivity contribution in [3.8, 4) is 0 Å². The van der Waals surface area contributed by atoms with E-state index in [0.717, 1.165) is 0 Å². The van der Waals surface area contributed by atoms with E-state index < -0.39 is 9.84 Å². The largest absolute Gasteiger partial charge is 0.289 e. The first-order chi connectivity index (χ1) is 9.47. The first-order valence-electron chi connectivity index (χ1n) is 6.03. The van der Waals surface area contributed by atoms with Crippen molar-refractivity contribution in [3.05, 3.63) is 53.4 Å². The predicted octanol–water partition coefficient (Wildman–Crippen LogP) is 1.47. The lowest BCUT2D eigenvalue weighted by molar-refractivity contribution is 0.103. The highest BCUT2D eigenvalue weighted by molar-refractivity contribution is 7.91. The van der Waals surface area contributed by atoms with Crippen molar-refractivity contribution >= 4 is 21.7 Å². The molecule has 3 rings (SSSR count). The van der Waals surface area contributed by atoms with Crippen molar-refractivity contribution in [2.24, 2.45) is 7.05 Å². The van der Waals surface area contributed by atoms with Gasteiger partial charge in [0.25, 0.3) is 0 Å². The average Bonchev–Trinajstić information content (AvgIpc) is 2.81. The van der Waals surface area contributed by atoms with Crippen LogP contribution in [0.5, 0.6) is 0 Å². The molecule has 1 aliphatic rings. The number of carbonyl (C=O) groups excluding carboxylic acids is 1. The molecule has 1 aromatic heterocycles. The zero-order valence-electron chi connectivity index (χ0n) is 10.8. The molecule has 20 heavy (non-hydrogen) atoms. The number of carbonyl (C=O) groups is 1. The molecule has 6 heteroatoms. The van der Waals surface area contributed by atoms with Gasteiger partial charge in [-0.2, -0.15) is 5.10 Å². The summed E-state index contributed by atoms with van der Waals surface area (Å²) < 4.78 is 26.0. The predicted molar refractivity (Wildman–Crippen MR) is 74.0 cm³/mol. The molecule has 0 spiro atoms. The topological polar surface area (TPSA) is 69.0 Å². The molecule has 1 aliphatic heterocycles. The fourth-order valence-electron chi connectivity index (χ4n) is 2.27. The number of hydrogen-bond acceptors (Lipinski definition) is 4. The number of rotatable bonds is 1. The second kappa shape index (κ2) is 4.42. The molecule has 1 aromatic carbocycles. The first-order valence-corrected chi connectivity index (χ1v) is 7.68. The van der Waals surface area contributed by atoms with Gasteiger partial charge in [-0.3, -0.25) is 9.48 Å². The Balaban J connectivity index is 2.14. The summed E-state index contributed by atoms with van der Waals surface area (Å²) in [4.78, 5) is 12.5.